The van der Waals surface area contributed by atoms with Gasteiger partial charge >= 0.3 is 12.0 Å². The van der Waals surface area contributed by atoms with E-state index in [1.165, 1.54) is 4.90 Å². The van der Waals surface area contributed by atoms with E-state index in [9.17, 15) is 14.4 Å². The van der Waals surface area contributed by atoms with Crippen molar-refractivity contribution in [2.24, 2.45) is 5.73 Å². The zero-order valence-electron chi connectivity index (χ0n) is 11.1. The molecule has 0 heterocycles. The van der Waals surface area contributed by atoms with Crippen molar-refractivity contribution in [1.29, 1.82) is 0 Å². The lowest BCUT2D eigenvalue weighted by Crippen LogP contribution is -2.49. The van der Waals surface area contributed by atoms with Gasteiger partial charge in [0, 0.05) is 12.2 Å². The SMILES string of the molecule is CCN(C(=O)N[C@H](CC(N)=O)C(=O)O)c1ccccc1. The van der Waals surface area contributed by atoms with Crippen LogP contribution in [-0.4, -0.2) is 35.6 Å². The number of nitrogens with two attached hydrogens (primary N) is 1. The number of hydrogen-bond donors (Lipinski definition) is 3. The number of amides is 3. The first kappa shape index (κ1) is 15.5. The molecule has 4 N–H and O–H groups in total. The molecule has 7 heteroatoms. The zero-order valence-corrected chi connectivity index (χ0v) is 11.1. The molecule has 1 rings (SSSR count). The number of hydrogen-bond acceptors (Lipinski definition) is 3. The lowest BCUT2D eigenvalue weighted by Gasteiger charge is -2.23. The molecule has 0 aliphatic carbocycles. The van der Waals surface area contributed by atoms with Gasteiger partial charge in [-0.05, 0) is 19.1 Å². The van der Waals surface area contributed by atoms with Crippen LogP contribution in [0.3, 0.4) is 0 Å². The fourth-order valence-electron chi connectivity index (χ4n) is 1.68. The maximum atomic E-state index is 12.1. The largest absolute Gasteiger partial charge is 0.480 e. The van der Waals surface area contributed by atoms with Gasteiger partial charge in [-0.15, -0.1) is 0 Å². The third-order valence-electron chi connectivity index (χ3n) is 2.63. The average Bonchev–Trinajstić information content (AvgIpc) is 2.39. The van der Waals surface area contributed by atoms with Crippen molar-refractivity contribution in [3.63, 3.8) is 0 Å². The van der Waals surface area contributed by atoms with E-state index in [0.717, 1.165) is 0 Å². The Balaban J connectivity index is 2.81. The summed E-state index contributed by atoms with van der Waals surface area (Å²) in [5.74, 6) is -2.10. The van der Waals surface area contributed by atoms with Crippen LogP contribution in [-0.2, 0) is 9.59 Å². The second-order valence-electron chi connectivity index (χ2n) is 4.09. The second kappa shape index (κ2) is 7.13. The number of rotatable bonds is 6. The van der Waals surface area contributed by atoms with Crippen LogP contribution in [0.1, 0.15) is 13.3 Å². The van der Waals surface area contributed by atoms with Crippen molar-refractivity contribution in [3.05, 3.63) is 30.3 Å². The topological polar surface area (TPSA) is 113 Å². The van der Waals surface area contributed by atoms with Crippen LogP contribution in [0.2, 0.25) is 0 Å². The van der Waals surface area contributed by atoms with Crippen molar-refractivity contribution in [2.45, 2.75) is 19.4 Å². The van der Waals surface area contributed by atoms with E-state index in [1.807, 2.05) is 6.07 Å². The van der Waals surface area contributed by atoms with E-state index < -0.39 is 30.4 Å². The molecule has 0 unspecified atom stereocenters. The molecule has 0 aliphatic rings. The molecule has 1 aromatic carbocycles. The molecule has 0 aromatic heterocycles. The van der Waals surface area contributed by atoms with E-state index >= 15 is 0 Å². The Bertz CT molecular complexity index is 490. The molecule has 0 radical (unpaired) electrons. The highest BCUT2D eigenvalue weighted by molar-refractivity contribution is 5.95. The molecule has 0 fully saturated rings. The van der Waals surface area contributed by atoms with Gasteiger partial charge in [-0.1, -0.05) is 18.2 Å². The van der Waals surface area contributed by atoms with Crippen molar-refractivity contribution in [1.82, 2.24) is 5.32 Å². The molecule has 7 nitrogen and oxygen atoms in total. The van der Waals surface area contributed by atoms with Gasteiger partial charge in [0.25, 0.3) is 0 Å². The molecular formula is C13H17N3O4. The smallest absolute Gasteiger partial charge is 0.326 e. The van der Waals surface area contributed by atoms with Gasteiger partial charge in [0.2, 0.25) is 5.91 Å². The molecule has 0 bridgehead atoms. The number of urea groups is 1. The average molecular weight is 279 g/mol. The van der Waals surface area contributed by atoms with E-state index in [1.54, 1.807) is 31.2 Å². The summed E-state index contributed by atoms with van der Waals surface area (Å²) in [6.45, 7) is 2.12. The third kappa shape index (κ3) is 4.27. The monoisotopic (exact) mass is 279 g/mol. The van der Waals surface area contributed by atoms with Crippen molar-refractivity contribution in [3.8, 4) is 0 Å². The van der Waals surface area contributed by atoms with Gasteiger partial charge in [-0.25, -0.2) is 9.59 Å². The molecule has 20 heavy (non-hydrogen) atoms. The molecule has 0 spiro atoms. The maximum absolute atomic E-state index is 12.1. The standard InChI is InChI=1S/C13H17N3O4/c1-2-16(9-6-4-3-5-7-9)13(20)15-10(12(18)19)8-11(14)17/h3-7,10H,2,8H2,1H3,(H2,14,17)(H,15,20)(H,18,19)/t10-/m1/s1. The van der Waals surface area contributed by atoms with Crippen molar-refractivity contribution < 1.29 is 19.5 Å². The van der Waals surface area contributed by atoms with E-state index in [0.29, 0.717) is 12.2 Å². The Morgan fingerprint density at radius 1 is 1.30 bits per heavy atom. The van der Waals surface area contributed by atoms with Crippen LogP contribution in [0.5, 0.6) is 0 Å². The molecule has 0 saturated carbocycles. The molecule has 3 amide bonds. The summed E-state index contributed by atoms with van der Waals surface area (Å²) in [4.78, 5) is 35.2. The number of nitrogens with zero attached hydrogens (tertiary/aromatic N) is 1. The number of carbonyl (C=O) groups is 3. The quantitative estimate of drug-likeness (QED) is 0.705. The first-order valence-corrected chi connectivity index (χ1v) is 6.10. The Hall–Kier alpha value is -2.57. The summed E-state index contributed by atoms with van der Waals surface area (Å²) in [7, 11) is 0. The summed E-state index contributed by atoms with van der Waals surface area (Å²) < 4.78 is 0. The Morgan fingerprint density at radius 2 is 1.90 bits per heavy atom. The minimum absolute atomic E-state index is 0.360. The Morgan fingerprint density at radius 3 is 2.35 bits per heavy atom. The highest BCUT2D eigenvalue weighted by Gasteiger charge is 2.24. The molecular weight excluding hydrogens is 262 g/mol. The molecule has 1 aromatic rings. The number of nitrogens with one attached hydrogen (secondary N) is 1. The van der Waals surface area contributed by atoms with Crippen LogP contribution in [0.15, 0.2) is 30.3 Å². The van der Waals surface area contributed by atoms with Gasteiger partial charge in [-0.3, -0.25) is 9.69 Å². The van der Waals surface area contributed by atoms with Gasteiger partial charge in [0.15, 0.2) is 0 Å². The second-order valence-corrected chi connectivity index (χ2v) is 4.09. The molecule has 0 saturated heterocycles. The number of carboxylic acid groups (broad SMARTS) is 1. The lowest BCUT2D eigenvalue weighted by molar-refractivity contribution is -0.140. The van der Waals surface area contributed by atoms with Gasteiger partial charge in [-0.2, -0.15) is 0 Å². The third-order valence-corrected chi connectivity index (χ3v) is 2.63. The number of aliphatic carboxylic acids is 1. The van der Waals surface area contributed by atoms with Crippen LogP contribution in [0.25, 0.3) is 0 Å². The van der Waals surface area contributed by atoms with Crippen LogP contribution in [0.4, 0.5) is 10.5 Å². The molecule has 108 valence electrons. The Labute approximate surface area is 116 Å². The summed E-state index contributed by atoms with van der Waals surface area (Å²) >= 11 is 0. The highest BCUT2D eigenvalue weighted by atomic mass is 16.4. The molecule has 0 aliphatic heterocycles. The summed E-state index contributed by atoms with van der Waals surface area (Å²) in [5.41, 5.74) is 5.59. The summed E-state index contributed by atoms with van der Waals surface area (Å²) in [5, 5.41) is 11.2. The fourth-order valence-corrected chi connectivity index (χ4v) is 1.68. The molecule has 1 atom stereocenters. The van der Waals surface area contributed by atoms with E-state index in [-0.39, 0.29) is 0 Å². The van der Waals surface area contributed by atoms with Crippen LogP contribution in [0, 0.1) is 0 Å². The number of carboxylic acids is 1. The van der Waals surface area contributed by atoms with Crippen molar-refractivity contribution >= 4 is 23.6 Å². The van der Waals surface area contributed by atoms with E-state index in [2.05, 4.69) is 5.32 Å². The van der Waals surface area contributed by atoms with Crippen molar-refractivity contribution in [2.75, 3.05) is 11.4 Å². The van der Waals surface area contributed by atoms with Crippen LogP contribution >= 0.6 is 0 Å². The summed E-state index contributed by atoms with van der Waals surface area (Å²) in [6.07, 6.45) is -0.451. The number of primary amides is 1. The number of carbonyl (C=O) groups excluding carboxylic acids is 2. The van der Waals surface area contributed by atoms with Gasteiger partial charge in [0.05, 0.1) is 6.42 Å². The maximum Gasteiger partial charge on any atom is 0.326 e. The fraction of sp³-hybridized carbons (Fsp3) is 0.308. The number of anilines is 1. The zero-order chi connectivity index (χ0) is 15.1. The lowest BCUT2D eigenvalue weighted by atomic mass is 10.2. The summed E-state index contributed by atoms with van der Waals surface area (Å²) in [6, 6.07) is 6.87. The Kier molecular flexibility index (Phi) is 5.52. The minimum atomic E-state index is -1.34. The first-order valence-electron chi connectivity index (χ1n) is 6.10. The van der Waals surface area contributed by atoms with E-state index in [4.69, 9.17) is 10.8 Å². The normalized spacial score (nSPS) is 11.4. The predicted octanol–water partition coefficient (Wildman–Crippen LogP) is 0.551. The van der Waals surface area contributed by atoms with Crippen LogP contribution < -0.4 is 16.0 Å². The van der Waals surface area contributed by atoms with Gasteiger partial charge in [0.1, 0.15) is 6.04 Å². The number of para-hydroxylation sites is 1. The minimum Gasteiger partial charge on any atom is -0.480 e. The predicted molar refractivity (Wildman–Crippen MR) is 73.2 cm³/mol. The highest BCUT2D eigenvalue weighted by Crippen LogP contribution is 2.13. The first-order chi connectivity index (χ1) is 9.45. The number of benzene rings is 1. The van der Waals surface area contributed by atoms with Gasteiger partial charge < -0.3 is 16.2 Å².